The third-order valence-corrected chi connectivity index (χ3v) is 3.59. The summed E-state index contributed by atoms with van der Waals surface area (Å²) in [6.45, 7) is 4.79. The molecule has 0 bridgehead atoms. The van der Waals surface area contributed by atoms with Gasteiger partial charge in [0.25, 0.3) is 0 Å². The molecule has 0 aromatic heterocycles. The van der Waals surface area contributed by atoms with Crippen molar-refractivity contribution in [1.82, 2.24) is 0 Å². The molecule has 3 atom stereocenters. The van der Waals surface area contributed by atoms with Crippen LogP contribution in [-0.2, 0) is 0 Å². The predicted molar refractivity (Wildman–Crippen MR) is 64.8 cm³/mol. The lowest BCUT2D eigenvalue weighted by molar-refractivity contribution is 0.110. The quantitative estimate of drug-likeness (QED) is 0.845. The Bertz CT molecular complexity index is 346. The molecule has 0 saturated heterocycles. The van der Waals surface area contributed by atoms with Gasteiger partial charge in [0.1, 0.15) is 5.75 Å². The van der Waals surface area contributed by atoms with Gasteiger partial charge >= 0.3 is 0 Å². The van der Waals surface area contributed by atoms with E-state index in [1.54, 1.807) is 0 Å². The molecule has 1 aliphatic heterocycles. The summed E-state index contributed by atoms with van der Waals surface area (Å²) < 4.78 is 5.65. The molecular weight excluding hydrogens is 200 g/mol. The highest BCUT2D eigenvalue weighted by molar-refractivity contribution is 5.39. The maximum absolute atomic E-state index is 9.68. The van der Waals surface area contributed by atoms with Gasteiger partial charge in [0.05, 0.1) is 12.7 Å². The average molecular weight is 220 g/mol. The summed E-state index contributed by atoms with van der Waals surface area (Å²) in [7, 11) is 0. The maximum Gasteiger partial charge on any atom is 0.122 e. The molecule has 1 heterocycles. The van der Waals surface area contributed by atoms with E-state index in [1.165, 1.54) is 5.56 Å². The molecule has 1 aliphatic rings. The highest BCUT2D eigenvalue weighted by atomic mass is 16.5. The second kappa shape index (κ2) is 4.88. The molecule has 0 saturated carbocycles. The second-order valence-electron chi connectivity index (χ2n) is 4.69. The number of aliphatic hydroxyl groups excluding tert-OH is 1. The van der Waals surface area contributed by atoms with Gasteiger partial charge in [-0.1, -0.05) is 31.5 Å². The number of para-hydroxylation sites is 1. The van der Waals surface area contributed by atoms with Crippen LogP contribution in [0, 0.1) is 5.92 Å². The monoisotopic (exact) mass is 220 g/mol. The fraction of sp³-hybridized carbons (Fsp3) is 0.571. The number of hydrogen-bond donors (Lipinski definition) is 1. The summed E-state index contributed by atoms with van der Waals surface area (Å²) in [4.78, 5) is 0. The fourth-order valence-electron chi connectivity index (χ4n) is 2.49. The Labute approximate surface area is 97.3 Å². The molecule has 16 heavy (non-hydrogen) atoms. The predicted octanol–water partition coefficient (Wildman–Crippen LogP) is 2.96. The number of benzene rings is 1. The Morgan fingerprint density at radius 3 is 2.88 bits per heavy atom. The lowest BCUT2D eigenvalue weighted by Crippen LogP contribution is -2.19. The van der Waals surface area contributed by atoms with Crippen molar-refractivity contribution in [2.24, 2.45) is 5.92 Å². The standard InChI is InChI=1S/C14H20O2/c1-3-11(10(2)15)8-12-9-16-14-7-5-4-6-13(12)14/h4-7,10-12,15H,3,8-9H2,1-2H3. The number of hydrogen-bond acceptors (Lipinski definition) is 2. The lowest BCUT2D eigenvalue weighted by atomic mass is 9.86. The average Bonchev–Trinajstić information content (AvgIpc) is 2.69. The smallest absolute Gasteiger partial charge is 0.122 e. The Hall–Kier alpha value is -1.02. The van der Waals surface area contributed by atoms with Crippen LogP contribution in [0.1, 0.15) is 38.2 Å². The van der Waals surface area contributed by atoms with Crippen molar-refractivity contribution < 1.29 is 9.84 Å². The molecule has 0 fully saturated rings. The molecule has 1 aromatic rings. The van der Waals surface area contributed by atoms with Gasteiger partial charge in [-0.3, -0.25) is 0 Å². The van der Waals surface area contributed by atoms with E-state index in [1.807, 2.05) is 19.1 Å². The number of fused-ring (bicyclic) bond motifs is 1. The van der Waals surface area contributed by atoms with E-state index in [0.717, 1.165) is 25.2 Å². The Morgan fingerprint density at radius 1 is 1.44 bits per heavy atom. The van der Waals surface area contributed by atoms with E-state index in [9.17, 15) is 5.11 Å². The van der Waals surface area contributed by atoms with Crippen LogP contribution in [0.4, 0.5) is 0 Å². The molecule has 0 amide bonds. The molecule has 0 aliphatic carbocycles. The van der Waals surface area contributed by atoms with Crippen LogP contribution in [0.25, 0.3) is 0 Å². The molecule has 1 N–H and O–H groups in total. The summed E-state index contributed by atoms with van der Waals surface area (Å²) in [6.07, 6.45) is 1.82. The van der Waals surface area contributed by atoms with Crippen LogP contribution in [-0.4, -0.2) is 17.8 Å². The van der Waals surface area contributed by atoms with E-state index in [-0.39, 0.29) is 6.10 Å². The first-order valence-corrected chi connectivity index (χ1v) is 6.12. The minimum atomic E-state index is -0.224. The van der Waals surface area contributed by atoms with Crippen molar-refractivity contribution in [2.45, 2.75) is 38.7 Å². The van der Waals surface area contributed by atoms with Crippen molar-refractivity contribution in [1.29, 1.82) is 0 Å². The lowest BCUT2D eigenvalue weighted by Gasteiger charge is -2.21. The zero-order chi connectivity index (χ0) is 11.5. The van der Waals surface area contributed by atoms with E-state index in [2.05, 4.69) is 19.1 Å². The van der Waals surface area contributed by atoms with Gasteiger partial charge in [0.2, 0.25) is 0 Å². The first-order valence-electron chi connectivity index (χ1n) is 6.12. The van der Waals surface area contributed by atoms with E-state index in [4.69, 9.17) is 4.74 Å². The highest BCUT2D eigenvalue weighted by Gasteiger charge is 2.27. The zero-order valence-corrected chi connectivity index (χ0v) is 10.0. The van der Waals surface area contributed by atoms with Crippen molar-refractivity contribution in [3.8, 4) is 5.75 Å². The molecule has 0 radical (unpaired) electrons. The third-order valence-electron chi connectivity index (χ3n) is 3.59. The second-order valence-corrected chi connectivity index (χ2v) is 4.69. The van der Waals surface area contributed by atoms with Gasteiger partial charge in [-0.2, -0.15) is 0 Å². The number of ether oxygens (including phenoxy) is 1. The van der Waals surface area contributed by atoms with Crippen molar-refractivity contribution >= 4 is 0 Å². The molecular formula is C14H20O2. The van der Waals surface area contributed by atoms with Crippen molar-refractivity contribution in [3.05, 3.63) is 29.8 Å². The summed E-state index contributed by atoms with van der Waals surface area (Å²) >= 11 is 0. The van der Waals surface area contributed by atoms with Crippen LogP contribution in [0.2, 0.25) is 0 Å². The van der Waals surface area contributed by atoms with Crippen LogP contribution in [0.15, 0.2) is 24.3 Å². The summed E-state index contributed by atoms with van der Waals surface area (Å²) in [5, 5.41) is 9.68. The van der Waals surface area contributed by atoms with Crippen LogP contribution in [0.3, 0.4) is 0 Å². The molecule has 0 spiro atoms. The highest BCUT2D eigenvalue weighted by Crippen LogP contribution is 2.38. The minimum absolute atomic E-state index is 0.224. The zero-order valence-electron chi connectivity index (χ0n) is 10.0. The van der Waals surface area contributed by atoms with Crippen LogP contribution in [0.5, 0.6) is 5.75 Å². The minimum Gasteiger partial charge on any atom is -0.493 e. The first-order chi connectivity index (χ1) is 7.72. The topological polar surface area (TPSA) is 29.5 Å². The van der Waals surface area contributed by atoms with E-state index < -0.39 is 0 Å². The summed E-state index contributed by atoms with van der Waals surface area (Å²) in [5.74, 6) is 1.85. The summed E-state index contributed by atoms with van der Waals surface area (Å²) in [5.41, 5.74) is 1.31. The van der Waals surface area contributed by atoms with Gasteiger partial charge in [-0.25, -0.2) is 0 Å². The van der Waals surface area contributed by atoms with Gasteiger partial charge < -0.3 is 9.84 Å². The van der Waals surface area contributed by atoms with Gasteiger partial charge in [-0.15, -0.1) is 0 Å². The Balaban J connectivity index is 2.08. The van der Waals surface area contributed by atoms with Gasteiger partial charge in [0.15, 0.2) is 0 Å². The van der Waals surface area contributed by atoms with Crippen molar-refractivity contribution in [2.75, 3.05) is 6.61 Å². The maximum atomic E-state index is 9.68. The van der Waals surface area contributed by atoms with Crippen LogP contribution < -0.4 is 4.74 Å². The van der Waals surface area contributed by atoms with Gasteiger partial charge in [-0.05, 0) is 25.3 Å². The SMILES string of the molecule is CCC(CC1COc2ccccc21)C(C)O. The van der Waals surface area contributed by atoms with Gasteiger partial charge in [0, 0.05) is 11.5 Å². The van der Waals surface area contributed by atoms with Crippen LogP contribution >= 0.6 is 0 Å². The molecule has 3 unspecified atom stereocenters. The largest absolute Gasteiger partial charge is 0.493 e. The number of rotatable bonds is 4. The van der Waals surface area contributed by atoms with E-state index >= 15 is 0 Å². The number of aliphatic hydroxyl groups is 1. The Morgan fingerprint density at radius 2 is 2.19 bits per heavy atom. The molecule has 2 heteroatoms. The van der Waals surface area contributed by atoms with E-state index in [0.29, 0.717) is 11.8 Å². The molecule has 2 rings (SSSR count). The molecule has 1 aromatic carbocycles. The summed E-state index contributed by atoms with van der Waals surface area (Å²) in [6, 6.07) is 8.23. The normalized spacial score (nSPS) is 22.3. The first kappa shape index (κ1) is 11.5. The fourth-order valence-corrected chi connectivity index (χ4v) is 2.49. The third kappa shape index (κ3) is 2.22. The molecule has 2 nitrogen and oxygen atoms in total. The molecule has 88 valence electrons. The Kier molecular flexibility index (Phi) is 3.49. The van der Waals surface area contributed by atoms with Crippen molar-refractivity contribution in [3.63, 3.8) is 0 Å².